The Morgan fingerprint density at radius 1 is 0.900 bits per heavy atom. The summed E-state index contributed by atoms with van der Waals surface area (Å²) in [5, 5.41) is 8.68. The number of nitrogens with one attached hydrogen (secondary N) is 2. The molecule has 148 valence electrons. The van der Waals surface area contributed by atoms with E-state index in [0.29, 0.717) is 16.9 Å². The van der Waals surface area contributed by atoms with E-state index in [2.05, 4.69) is 10.6 Å². The SMILES string of the molecule is O=C(Nc1cccc(NC(=O)C2CC2)c1)c1cc(-c2cccs2)nc2ccccc12. The van der Waals surface area contributed by atoms with Crippen LogP contribution in [0, 0.1) is 5.92 Å². The van der Waals surface area contributed by atoms with Gasteiger partial charge in [-0.05, 0) is 54.6 Å². The van der Waals surface area contributed by atoms with Gasteiger partial charge in [-0.1, -0.05) is 30.3 Å². The number of pyridine rings is 1. The molecular formula is C24H19N3O2S. The molecule has 2 aromatic heterocycles. The zero-order valence-corrected chi connectivity index (χ0v) is 16.9. The second-order valence-electron chi connectivity index (χ2n) is 7.35. The standard InChI is InChI=1S/C24H19N3O2S/c28-23(15-10-11-15)25-16-5-3-6-17(13-16)26-24(29)19-14-21(22-9-4-12-30-22)27-20-8-2-1-7-18(19)20/h1-9,12-15H,10-11H2,(H,25,28)(H,26,29). The van der Waals surface area contributed by atoms with Crippen LogP contribution in [0.4, 0.5) is 11.4 Å². The van der Waals surface area contributed by atoms with E-state index in [9.17, 15) is 9.59 Å². The number of thiophene rings is 1. The lowest BCUT2D eigenvalue weighted by atomic mass is 10.1. The van der Waals surface area contributed by atoms with Crippen molar-refractivity contribution in [1.82, 2.24) is 4.98 Å². The quantitative estimate of drug-likeness (QED) is 0.450. The maximum Gasteiger partial charge on any atom is 0.256 e. The molecule has 4 aromatic rings. The van der Waals surface area contributed by atoms with Crippen LogP contribution in [0.2, 0.25) is 0 Å². The topological polar surface area (TPSA) is 71.1 Å². The molecule has 1 aliphatic carbocycles. The van der Waals surface area contributed by atoms with E-state index < -0.39 is 0 Å². The number of anilines is 2. The largest absolute Gasteiger partial charge is 0.326 e. The van der Waals surface area contributed by atoms with Gasteiger partial charge in [0.25, 0.3) is 5.91 Å². The minimum Gasteiger partial charge on any atom is -0.326 e. The van der Waals surface area contributed by atoms with Gasteiger partial charge in [-0.3, -0.25) is 9.59 Å². The van der Waals surface area contributed by atoms with Gasteiger partial charge in [0.05, 0.1) is 21.7 Å². The number of hydrogen-bond acceptors (Lipinski definition) is 4. The second-order valence-corrected chi connectivity index (χ2v) is 8.30. The lowest BCUT2D eigenvalue weighted by Crippen LogP contribution is -2.15. The Morgan fingerprint density at radius 2 is 1.70 bits per heavy atom. The lowest BCUT2D eigenvalue weighted by Gasteiger charge is -2.11. The summed E-state index contributed by atoms with van der Waals surface area (Å²) in [6.45, 7) is 0. The van der Waals surface area contributed by atoms with Gasteiger partial charge >= 0.3 is 0 Å². The van der Waals surface area contributed by atoms with E-state index in [1.165, 1.54) is 0 Å². The number of carbonyl (C=O) groups is 2. The van der Waals surface area contributed by atoms with Crippen molar-refractivity contribution in [1.29, 1.82) is 0 Å². The van der Waals surface area contributed by atoms with Crippen LogP contribution in [0.3, 0.4) is 0 Å². The number of amides is 2. The molecule has 2 N–H and O–H groups in total. The molecule has 1 saturated carbocycles. The van der Waals surface area contributed by atoms with Gasteiger partial charge in [0.2, 0.25) is 5.91 Å². The number of carbonyl (C=O) groups excluding carboxylic acids is 2. The molecule has 6 heteroatoms. The number of benzene rings is 2. The predicted octanol–water partition coefficient (Wildman–Crippen LogP) is 5.56. The number of para-hydroxylation sites is 1. The Bertz CT molecular complexity index is 1250. The summed E-state index contributed by atoms with van der Waals surface area (Å²) in [4.78, 5) is 30.9. The second kappa shape index (κ2) is 7.72. The average Bonchev–Trinajstić information content (AvgIpc) is 3.47. The van der Waals surface area contributed by atoms with Crippen LogP contribution >= 0.6 is 11.3 Å². The Morgan fingerprint density at radius 3 is 2.47 bits per heavy atom. The van der Waals surface area contributed by atoms with Crippen molar-refractivity contribution in [3.05, 3.63) is 77.7 Å². The zero-order chi connectivity index (χ0) is 20.5. The summed E-state index contributed by atoms with van der Waals surface area (Å²) in [5.41, 5.74) is 3.44. The summed E-state index contributed by atoms with van der Waals surface area (Å²) in [6.07, 6.45) is 1.90. The fourth-order valence-electron chi connectivity index (χ4n) is 3.38. The molecule has 0 spiro atoms. The molecule has 2 amide bonds. The molecule has 2 heterocycles. The predicted molar refractivity (Wildman–Crippen MR) is 121 cm³/mol. The number of aromatic nitrogens is 1. The van der Waals surface area contributed by atoms with Crippen molar-refractivity contribution in [2.45, 2.75) is 12.8 Å². The van der Waals surface area contributed by atoms with Crippen molar-refractivity contribution >= 4 is 45.4 Å². The number of rotatable bonds is 5. The van der Waals surface area contributed by atoms with Gasteiger partial charge in [0.1, 0.15) is 0 Å². The molecule has 0 aliphatic heterocycles. The summed E-state index contributed by atoms with van der Waals surface area (Å²) >= 11 is 1.59. The third-order valence-corrected chi connectivity index (χ3v) is 5.96. The molecule has 0 radical (unpaired) electrons. The van der Waals surface area contributed by atoms with Gasteiger partial charge in [0, 0.05) is 22.7 Å². The lowest BCUT2D eigenvalue weighted by molar-refractivity contribution is -0.117. The molecule has 0 unspecified atom stereocenters. The minimum absolute atomic E-state index is 0.0409. The van der Waals surface area contributed by atoms with E-state index in [-0.39, 0.29) is 17.7 Å². The van der Waals surface area contributed by atoms with Crippen molar-refractivity contribution < 1.29 is 9.59 Å². The summed E-state index contributed by atoms with van der Waals surface area (Å²) in [5.74, 6) is -0.0432. The maximum absolute atomic E-state index is 13.2. The first-order valence-corrected chi connectivity index (χ1v) is 10.7. The minimum atomic E-state index is -0.211. The molecule has 5 rings (SSSR count). The zero-order valence-electron chi connectivity index (χ0n) is 16.1. The highest BCUT2D eigenvalue weighted by Gasteiger charge is 2.29. The molecule has 1 aliphatic rings. The fourth-order valence-corrected chi connectivity index (χ4v) is 4.06. The third-order valence-electron chi connectivity index (χ3n) is 5.07. The maximum atomic E-state index is 13.2. The van der Waals surface area contributed by atoms with E-state index in [0.717, 1.165) is 34.3 Å². The Kier molecular flexibility index (Phi) is 4.77. The van der Waals surface area contributed by atoms with Gasteiger partial charge < -0.3 is 10.6 Å². The van der Waals surface area contributed by atoms with E-state index in [1.807, 2.05) is 66.0 Å². The molecule has 0 saturated heterocycles. The van der Waals surface area contributed by atoms with Gasteiger partial charge in [-0.2, -0.15) is 0 Å². The summed E-state index contributed by atoms with van der Waals surface area (Å²) < 4.78 is 0. The van der Waals surface area contributed by atoms with Gasteiger partial charge in [-0.15, -0.1) is 11.3 Å². The van der Waals surface area contributed by atoms with Crippen LogP contribution in [0.5, 0.6) is 0 Å². The monoisotopic (exact) mass is 413 g/mol. The van der Waals surface area contributed by atoms with Gasteiger partial charge in [-0.25, -0.2) is 4.98 Å². The Hall–Kier alpha value is -3.51. The normalized spacial score (nSPS) is 13.2. The van der Waals surface area contributed by atoms with Crippen LogP contribution in [-0.2, 0) is 4.79 Å². The van der Waals surface area contributed by atoms with E-state index >= 15 is 0 Å². The fraction of sp³-hybridized carbons (Fsp3) is 0.125. The summed E-state index contributed by atoms with van der Waals surface area (Å²) in [6, 6.07) is 20.7. The van der Waals surface area contributed by atoms with Crippen LogP contribution < -0.4 is 10.6 Å². The van der Waals surface area contributed by atoms with Crippen LogP contribution in [0.25, 0.3) is 21.5 Å². The van der Waals surface area contributed by atoms with E-state index in [4.69, 9.17) is 4.98 Å². The molecule has 0 bridgehead atoms. The highest BCUT2D eigenvalue weighted by atomic mass is 32.1. The Labute approximate surface area is 177 Å². The molecule has 0 atom stereocenters. The van der Waals surface area contributed by atoms with Crippen LogP contribution in [0.15, 0.2) is 72.1 Å². The van der Waals surface area contributed by atoms with Crippen molar-refractivity contribution in [3.8, 4) is 10.6 Å². The first-order chi connectivity index (χ1) is 14.7. The van der Waals surface area contributed by atoms with Gasteiger partial charge in [0.15, 0.2) is 0 Å². The molecule has 2 aromatic carbocycles. The van der Waals surface area contributed by atoms with Crippen LogP contribution in [-0.4, -0.2) is 16.8 Å². The number of fused-ring (bicyclic) bond motifs is 1. The van der Waals surface area contributed by atoms with E-state index in [1.54, 1.807) is 17.4 Å². The smallest absolute Gasteiger partial charge is 0.256 e. The molecule has 1 fully saturated rings. The number of nitrogens with zero attached hydrogens (tertiary/aromatic N) is 1. The molecular weight excluding hydrogens is 394 g/mol. The van der Waals surface area contributed by atoms with Crippen molar-refractivity contribution in [2.75, 3.05) is 10.6 Å². The average molecular weight is 414 g/mol. The highest BCUT2D eigenvalue weighted by Crippen LogP contribution is 2.31. The summed E-state index contributed by atoms with van der Waals surface area (Å²) in [7, 11) is 0. The van der Waals surface area contributed by atoms with Crippen LogP contribution in [0.1, 0.15) is 23.2 Å². The van der Waals surface area contributed by atoms with Crippen molar-refractivity contribution in [3.63, 3.8) is 0 Å². The Balaban J connectivity index is 1.45. The highest BCUT2D eigenvalue weighted by molar-refractivity contribution is 7.13. The molecule has 5 nitrogen and oxygen atoms in total. The number of hydrogen-bond donors (Lipinski definition) is 2. The first kappa shape index (κ1) is 18.5. The molecule has 30 heavy (non-hydrogen) atoms. The first-order valence-electron chi connectivity index (χ1n) is 9.83. The third kappa shape index (κ3) is 3.82. The van der Waals surface area contributed by atoms with Crippen molar-refractivity contribution in [2.24, 2.45) is 5.92 Å².